The number of halogens is 1. The molecular formula is C20H28ClNO4S. The van der Waals surface area contributed by atoms with Gasteiger partial charge in [0.05, 0.1) is 18.6 Å². The Hall–Kier alpha value is -1.76. The Kier molecular flexibility index (Phi) is 9.63. The third kappa shape index (κ3) is 6.72. The van der Waals surface area contributed by atoms with Gasteiger partial charge in [-0.15, -0.1) is 12.4 Å². The van der Waals surface area contributed by atoms with Crippen LogP contribution in [0.3, 0.4) is 0 Å². The highest BCUT2D eigenvalue weighted by Crippen LogP contribution is 2.30. The van der Waals surface area contributed by atoms with Crippen LogP contribution in [0.1, 0.15) is 19.3 Å². The molecule has 0 aliphatic carbocycles. The number of nitrogens with zero attached hydrogens (tertiary/aromatic N) is 1. The topological polar surface area (TPSA) is 55.8 Å². The minimum absolute atomic E-state index is 0. The Bertz CT molecular complexity index is 792. The molecule has 0 fully saturated rings. The summed E-state index contributed by atoms with van der Waals surface area (Å²) in [6, 6.07) is 13.2. The van der Waals surface area contributed by atoms with Crippen molar-refractivity contribution in [2.24, 2.45) is 0 Å². The van der Waals surface area contributed by atoms with Crippen molar-refractivity contribution in [3.63, 3.8) is 0 Å². The summed E-state index contributed by atoms with van der Waals surface area (Å²) < 4.78 is 36.7. The molecule has 150 valence electrons. The molecule has 2 rings (SSSR count). The van der Waals surface area contributed by atoms with Gasteiger partial charge in [-0.3, -0.25) is 0 Å². The lowest BCUT2D eigenvalue weighted by Crippen LogP contribution is -2.13. The predicted molar refractivity (Wildman–Crippen MR) is 110 cm³/mol. The summed E-state index contributed by atoms with van der Waals surface area (Å²) in [6.45, 7) is 1.55. The average molecular weight is 414 g/mol. The maximum absolute atomic E-state index is 12.9. The molecule has 7 heteroatoms. The van der Waals surface area contributed by atoms with E-state index in [1.54, 1.807) is 55.6 Å². The molecule has 0 saturated carbocycles. The van der Waals surface area contributed by atoms with Gasteiger partial charge in [-0.1, -0.05) is 12.1 Å². The summed E-state index contributed by atoms with van der Waals surface area (Å²) in [5.41, 5.74) is 0. The molecule has 0 aliphatic rings. The molecule has 0 aliphatic heterocycles. The number of benzene rings is 2. The second kappa shape index (κ2) is 11.2. The highest BCUT2D eigenvalue weighted by atomic mass is 35.5. The van der Waals surface area contributed by atoms with Gasteiger partial charge in [-0.05, 0) is 76.3 Å². The number of methoxy groups -OCH3 is 1. The van der Waals surface area contributed by atoms with Crippen molar-refractivity contribution in [2.75, 3.05) is 34.4 Å². The zero-order valence-electron chi connectivity index (χ0n) is 16.1. The van der Waals surface area contributed by atoms with Crippen LogP contribution < -0.4 is 9.47 Å². The SMILES string of the molecule is COc1ccc(S(=O)(=O)c2ccccc2OCCCCCN(C)C)cc1.Cl. The van der Waals surface area contributed by atoms with E-state index in [1.807, 2.05) is 0 Å². The number of hydrogen-bond donors (Lipinski definition) is 0. The van der Waals surface area contributed by atoms with Gasteiger partial charge in [0.2, 0.25) is 9.84 Å². The van der Waals surface area contributed by atoms with Crippen molar-refractivity contribution in [3.8, 4) is 11.5 Å². The first-order valence-corrected chi connectivity index (χ1v) is 10.2. The van der Waals surface area contributed by atoms with Crippen molar-refractivity contribution in [1.29, 1.82) is 0 Å². The van der Waals surface area contributed by atoms with Crippen molar-refractivity contribution in [2.45, 2.75) is 29.1 Å². The van der Waals surface area contributed by atoms with Crippen molar-refractivity contribution in [3.05, 3.63) is 48.5 Å². The molecule has 0 radical (unpaired) electrons. The van der Waals surface area contributed by atoms with Gasteiger partial charge in [0.25, 0.3) is 0 Å². The fraction of sp³-hybridized carbons (Fsp3) is 0.400. The molecule has 2 aromatic carbocycles. The first-order valence-electron chi connectivity index (χ1n) is 8.71. The van der Waals surface area contributed by atoms with Crippen molar-refractivity contribution >= 4 is 22.2 Å². The molecule has 0 aromatic heterocycles. The summed E-state index contributed by atoms with van der Waals surface area (Å²) in [5, 5.41) is 0. The molecule has 0 saturated heterocycles. The summed E-state index contributed by atoms with van der Waals surface area (Å²) in [7, 11) is 2.01. The van der Waals surface area contributed by atoms with E-state index in [4.69, 9.17) is 9.47 Å². The van der Waals surface area contributed by atoms with Crippen LogP contribution in [-0.4, -0.2) is 47.7 Å². The molecule has 0 heterocycles. The minimum atomic E-state index is -3.64. The lowest BCUT2D eigenvalue weighted by Gasteiger charge is -2.13. The monoisotopic (exact) mass is 413 g/mol. The van der Waals surface area contributed by atoms with E-state index in [0.717, 1.165) is 25.8 Å². The van der Waals surface area contributed by atoms with Gasteiger partial charge in [0, 0.05) is 0 Å². The fourth-order valence-corrected chi connectivity index (χ4v) is 3.96. The summed E-state index contributed by atoms with van der Waals surface area (Å²) in [4.78, 5) is 2.57. The quantitative estimate of drug-likeness (QED) is 0.550. The molecule has 0 unspecified atom stereocenters. The van der Waals surface area contributed by atoms with Crippen LogP contribution in [0, 0.1) is 0 Å². The van der Waals surface area contributed by atoms with E-state index in [1.165, 1.54) is 0 Å². The minimum Gasteiger partial charge on any atom is -0.497 e. The molecule has 0 N–H and O–H groups in total. The highest BCUT2D eigenvalue weighted by Gasteiger charge is 2.22. The van der Waals surface area contributed by atoms with Crippen LogP contribution in [-0.2, 0) is 9.84 Å². The van der Waals surface area contributed by atoms with Gasteiger partial charge in [0.15, 0.2) is 0 Å². The average Bonchev–Trinajstić information content (AvgIpc) is 2.64. The van der Waals surface area contributed by atoms with Crippen LogP contribution in [0.2, 0.25) is 0 Å². The first-order chi connectivity index (χ1) is 12.4. The zero-order chi connectivity index (χ0) is 19.0. The van der Waals surface area contributed by atoms with E-state index in [0.29, 0.717) is 18.1 Å². The van der Waals surface area contributed by atoms with Crippen LogP contribution >= 0.6 is 12.4 Å². The normalized spacial score (nSPS) is 11.1. The molecule has 0 atom stereocenters. The Labute approximate surface area is 168 Å². The van der Waals surface area contributed by atoms with E-state index in [2.05, 4.69) is 19.0 Å². The number of sulfone groups is 1. The summed E-state index contributed by atoms with van der Waals surface area (Å²) in [5.74, 6) is 1.02. The number of para-hydroxylation sites is 1. The van der Waals surface area contributed by atoms with Crippen LogP contribution in [0.4, 0.5) is 0 Å². The molecular weight excluding hydrogens is 386 g/mol. The summed E-state index contributed by atoms with van der Waals surface area (Å²) >= 11 is 0. The Morgan fingerprint density at radius 2 is 1.59 bits per heavy atom. The number of hydrogen-bond acceptors (Lipinski definition) is 5. The van der Waals surface area contributed by atoms with Crippen LogP contribution in [0.25, 0.3) is 0 Å². The third-order valence-electron chi connectivity index (χ3n) is 4.02. The van der Waals surface area contributed by atoms with E-state index in [-0.39, 0.29) is 22.2 Å². The van der Waals surface area contributed by atoms with Gasteiger partial charge < -0.3 is 14.4 Å². The maximum Gasteiger partial charge on any atom is 0.210 e. The molecule has 27 heavy (non-hydrogen) atoms. The van der Waals surface area contributed by atoms with E-state index >= 15 is 0 Å². The van der Waals surface area contributed by atoms with Gasteiger partial charge in [0.1, 0.15) is 16.4 Å². The second-order valence-corrected chi connectivity index (χ2v) is 8.26. The van der Waals surface area contributed by atoms with Crippen LogP contribution in [0.15, 0.2) is 58.3 Å². The van der Waals surface area contributed by atoms with Gasteiger partial charge in [-0.25, -0.2) is 8.42 Å². The Balaban J connectivity index is 0.00000364. The Morgan fingerprint density at radius 3 is 2.22 bits per heavy atom. The lowest BCUT2D eigenvalue weighted by atomic mass is 10.2. The van der Waals surface area contributed by atoms with Crippen molar-refractivity contribution < 1.29 is 17.9 Å². The second-order valence-electron chi connectivity index (χ2n) is 6.34. The zero-order valence-corrected chi connectivity index (χ0v) is 17.7. The number of rotatable bonds is 10. The van der Waals surface area contributed by atoms with Gasteiger partial charge in [-0.2, -0.15) is 0 Å². The summed E-state index contributed by atoms with van der Waals surface area (Å²) in [6.07, 6.45) is 3.04. The number of unbranched alkanes of at least 4 members (excludes halogenated alkanes) is 2. The molecule has 5 nitrogen and oxygen atoms in total. The predicted octanol–water partition coefficient (Wildman–Crippen LogP) is 4.06. The van der Waals surface area contributed by atoms with E-state index < -0.39 is 9.84 Å². The first kappa shape index (κ1) is 23.3. The maximum atomic E-state index is 12.9. The number of ether oxygens (including phenoxy) is 2. The molecule has 0 amide bonds. The molecule has 0 bridgehead atoms. The lowest BCUT2D eigenvalue weighted by molar-refractivity contribution is 0.292. The van der Waals surface area contributed by atoms with Crippen molar-refractivity contribution in [1.82, 2.24) is 4.90 Å². The highest BCUT2D eigenvalue weighted by molar-refractivity contribution is 7.91. The van der Waals surface area contributed by atoms with E-state index in [9.17, 15) is 8.42 Å². The van der Waals surface area contributed by atoms with Crippen LogP contribution in [0.5, 0.6) is 11.5 Å². The third-order valence-corrected chi connectivity index (χ3v) is 5.82. The smallest absolute Gasteiger partial charge is 0.210 e. The Morgan fingerprint density at radius 1 is 0.926 bits per heavy atom. The fourth-order valence-electron chi connectivity index (χ4n) is 2.56. The standard InChI is InChI=1S/C20H27NO4S.ClH/c1-21(2)15-7-4-8-16-25-19-9-5-6-10-20(19)26(22,23)18-13-11-17(24-3)12-14-18;/h5-6,9-14H,4,7-8,15-16H2,1-3H3;1H. The molecule has 2 aromatic rings. The molecule has 0 spiro atoms. The largest absolute Gasteiger partial charge is 0.497 e. The van der Waals surface area contributed by atoms with Gasteiger partial charge >= 0.3 is 0 Å².